The van der Waals surface area contributed by atoms with Gasteiger partial charge < -0.3 is 14.8 Å². The van der Waals surface area contributed by atoms with E-state index in [2.05, 4.69) is 30.1 Å². The third-order valence-electron chi connectivity index (χ3n) is 4.23. The third kappa shape index (κ3) is 4.39. The van der Waals surface area contributed by atoms with Crippen molar-refractivity contribution >= 4 is 11.6 Å². The molecule has 1 aliphatic rings. The Bertz CT molecular complexity index is 629. The van der Waals surface area contributed by atoms with Crippen molar-refractivity contribution in [1.29, 1.82) is 5.26 Å². The fourth-order valence-corrected chi connectivity index (χ4v) is 3.39. The molecule has 6 heteroatoms. The highest BCUT2D eigenvalue weighted by atomic mass is 16.5. The van der Waals surface area contributed by atoms with Crippen molar-refractivity contribution in [3.8, 4) is 17.6 Å². The average Bonchev–Trinajstić information content (AvgIpc) is 2.53. The van der Waals surface area contributed by atoms with E-state index in [0.717, 1.165) is 13.1 Å². The molecule has 130 valence electrons. The molecule has 2 rings (SSSR count). The summed E-state index contributed by atoms with van der Waals surface area (Å²) < 4.78 is 10.4. The monoisotopic (exact) mass is 331 g/mol. The number of rotatable bonds is 5. The Balaban J connectivity index is 2.09. The van der Waals surface area contributed by atoms with Crippen molar-refractivity contribution in [2.45, 2.75) is 20.3 Å². The van der Waals surface area contributed by atoms with Crippen LogP contribution in [0.15, 0.2) is 12.1 Å². The van der Waals surface area contributed by atoms with Gasteiger partial charge in [-0.05, 0) is 18.3 Å². The molecule has 0 aromatic heterocycles. The van der Waals surface area contributed by atoms with Crippen LogP contribution >= 0.6 is 0 Å². The molecule has 1 aliphatic heterocycles. The molecule has 0 unspecified atom stereocenters. The first-order chi connectivity index (χ1) is 11.5. The van der Waals surface area contributed by atoms with Crippen LogP contribution in [0.25, 0.3) is 0 Å². The number of hydrogen-bond donors (Lipinski definition) is 1. The van der Waals surface area contributed by atoms with E-state index in [1.54, 1.807) is 12.1 Å². The Morgan fingerprint density at radius 2 is 1.83 bits per heavy atom. The number of nitriles is 1. The number of likely N-dealkylation sites (tertiary alicyclic amines) is 1. The fraction of sp³-hybridized carbons (Fsp3) is 0.556. The summed E-state index contributed by atoms with van der Waals surface area (Å²) in [4.78, 5) is 14.5. The third-order valence-corrected chi connectivity index (χ3v) is 4.23. The fourth-order valence-electron chi connectivity index (χ4n) is 3.39. The molecule has 1 amide bonds. The molecule has 24 heavy (non-hydrogen) atoms. The normalized spacial score (nSPS) is 21.0. The number of hydrogen-bond acceptors (Lipinski definition) is 5. The summed E-state index contributed by atoms with van der Waals surface area (Å²) in [6.45, 7) is 6.60. The first-order valence-electron chi connectivity index (χ1n) is 8.15. The van der Waals surface area contributed by atoms with E-state index >= 15 is 0 Å². The molecule has 1 heterocycles. The lowest BCUT2D eigenvalue weighted by atomic mass is 9.92. The number of carbonyl (C=O) groups excluding carboxylic acids is 1. The van der Waals surface area contributed by atoms with Crippen LogP contribution in [0, 0.1) is 23.2 Å². The maximum Gasteiger partial charge on any atom is 0.238 e. The van der Waals surface area contributed by atoms with Gasteiger partial charge in [-0.15, -0.1) is 0 Å². The van der Waals surface area contributed by atoms with Gasteiger partial charge in [-0.2, -0.15) is 5.26 Å². The van der Waals surface area contributed by atoms with E-state index < -0.39 is 0 Å². The molecular weight excluding hydrogens is 306 g/mol. The van der Waals surface area contributed by atoms with Crippen LogP contribution in [0.1, 0.15) is 25.8 Å². The zero-order valence-electron chi connectivity index (χ0n) is 14.8. The highest BCUT2D eigenvalue weighted by Crippen LogP contribution is 2.33. The molecule has 1 aromatic carbocycles. The summed E-state index contributed by atoms with van der Waals surface area (Å²) in [5, 5.41) is 12.1. The highest BCUT2D eigenvalue weighted by Gasteiger charge is 2.23. The number of ether oxygens (including phenoxy) is 2. The zero-order valence-corrected chi connectivity index (χ0v) is 14.8. The van der Waals surface area contributed by atoms with Crippen molar-refractivity contribution in [3.05, 3.63) is 17.7 Å². The number of piperidine rings is 1. The van der Waals surface area contributed by atoms with Crippen molar-refractivity contribution in [2.75, 3.05) is 39.2 Å². The summed E-state index contributed by atoms with van der Waals surface area (Å²) in [5.41, 5.74) is 0.791. The van der Waals surface area contributed by atoms with Gasteiger partial charge in [0.1, 0.15) is 6.07 Å². The molecule has 0 spiro atoms. The molecule has 1 fully saturated rings. The SMILES string of the molecule is COc1cc(C#N)c(NC(=O)CN2C[C@@H](C)C[C@H](C)C2)cc1OC. The Hall–Kier alpha value is -2.26. The number of carbonyl (C=O) groups is 1. The van der Waals surface area contributed by atoms with Gasteiger partial charge in [0.25, 0.3) is 0 Å². The quantitative estimate of drug-likeness (QED) is 0.897. The number of nitrogens with zero attached hydrogens (tertiary/aromatic N) is 2. The molecule has 0 saturated carbocycles. The van der Waals surface area contributed by atoms with E-state index in [1.807, 2.05) is 0 Å². The largest absolute Gasteiger partial charge is 0.493 e. The van der Waals surface area contributed by atoms with Gasteiger partial charge in [0, 0.05) is 25.2 Å². The predicted molar refractivity (Wildman–Crippen MR) is 92.3 cm³/mol. The highest BCUT2D eigenvalue weighted by molar-refractivity contribution is 5.94. The second-order valence-corrected chi connectivity index (χ2v) is 6.55. The van der Waals surface area contributed by atoms with Gasteiger partial charge >= 0.3 is 0 Å². The van der Waals surface area contributed by atoms with Crippen LogP contribution in [0.2, 0.25) is 0 Å². The van der Waals surface area contributed by atoms with Gasteiger partial charge in [-0.3, -0.25) is 9.69 Å². The summed E-state index contributed by atoms with van der Waals surface area (Å²) in [7, 11) is 3.03. The molecule has 0 bridgehead atoms. The van der Waals surface area contributed by atoms with E-state index in [-0.39, 0.29) is 5.91 Å². The second-order valence-electron chi connectivity index (χ2n) is 6.55. The molecule has 2 atom stereocenters. The lowest BCUT2D eigenvalue weighted by molar-refractivity contribution is -0.117. The van der Waals surface area contributed by atoms with E-state index in [9.17, 15) is 10.1 Å². The number of benzene rings is 1. The van der Waals surface area contributed by atoms with Crippen LogP contribution in [0.4, 0.5) is 5.69 Å². The number of amides is 1. The predicted octanol–water partition coefficient (Wildman–Crippen LogP) is 2.49. The average molecular weight is 331 g/mol. The van der Waals surface area contributed by atoms with Crippen molar-refractivity contribution < 1.29 is 14.3 Å². The van der Waals surface area contributed by atoms with Crippen molar-refractivity contribution in [2.24, 2.45) is 11.8 Å². The van der Waals surface area contributed by atoms with Crippen molar-refractivity contribution in [3.63, 3.8) is 0 Å². The minimum Gasteiger partial charge on any atom is -0.493 e. The number of methoxy groups -OCH3 is 2. The van der Waals surface area contributed by atoms with Crippen LogP contribution in [-0.2, 0) is 4.79 Å². The Morgan fingerprint density at radius 3 is 2.38 bits per heavy atom. The zero-order chi connectivity index (χ0) is 17.7. The van der Waals surface area contributed by atoms with Crippen LogP contribution in [-0.4, -0.2) is 44.7 Å². The minimum absolute atomic E-state index is 0.125. The summed E-state index contributed by atoms with van der Waals surface area (Å²) in [6, 6.07) is 5.27. The maximum atomic E-state index is 12.4. The van der Waals surface area contributed by atoms with Gasteiger partial charge in [-0.1, -0.05) is 13.8 Å². The van der Waals surface area contributed by atoms with Crippen LogP contribution < -0.4 is 14.8 Å². The van der Waals surface area contributed by atoms with E-state index in [4.69, 9.17) is 9.47 Å². The van der Waals surface area contributed by atoms with Gasteiger partial charge in [-0.25, -0.2) is 0 Å². The molecule has 6 nitrogen and oxygen atoms in total. The van der Waals surface area contributed by atoms with Crippen molar-refractivity contribution in [1.82, 2.24) is 4.90 Å². The molecular formula is C18H25N3O3. The van der Waals surface area contributed by atoms with Gasteiger partial charge in [0.05, 0.1) is 32.0 Å². The van der Waals surface area contributed by atoms with E-state index in [0.29, 0.717) is 41.1 Å². The molecule has 1 N–H and O–H groups in total. The Morgan fingerprint density at radius 1 is 1.25 bits per heavy atom. The van der Waals surface area contributed by atoms with E-state index in [1.165, 1.54) is 20.6 Å². The summed E-state index contributed by atoms with van der Waals surface area (Å²) in [5.74, 6) is 2.01. The van der Waals surface area contributed by atoms with Crippen LogP contribution in [0.5, 0.6) is 11.5 Å². The molecule has 0 aliphatic carbocycles. The first kappa shape index (κ1) is 18.1. The topological polar surface area (TPSA) is 74.6 Å². The number of nitrogens with one attached hydrogen (secondary N) is 1. The standard InChI is InChI=1S/C18H25N3O3/c1-12-5-13(2)10-21(9-12)11-18(22)20-15-7-17(24-4)16(23-3)6-14(15)8-19/h6-7,12-13H,5,9-11H2,1-4H3,(H,20,22)/t12-,13-/m0/s1. The summed E-state index contributed by atoms with van der Waals surface area (Å²) >= 11 is 0. The van der Waals surface area contributed by atoms with Gasteiger partial charge in [0.15, 0.2) is 11.5 Å². The molecule has 1 saturated heterocycles. The smallest absolute Gasteiger partial charge is 0.238 e. The maximum absolute atomic E-state index is 12.4. The molecule has 0 radical (unpaired) electrons. The lowest BCUT2D eigenvalue weighted by Crippen LogP contribution is -2.42. The lowest BCUT2D eigenvalue weighted by Gasteiger charge is -2.34. The number of anilines is 1. The first-order valence-corrected chi connectivity index (χ1v) is 8.15. The van der Waals surface area contributed by atoms with Gasteiger partial charge in [0.2, 0.25) is 5.91 Å². The Labute approximate surface area is 143 Å². The Kier molecular flexibility index (Phi) is 6.04. The van der Waals surface area contributed by atoms with Crippen LogP contribution in [0.3, 0.4) is 0 Å². The second kappa shape index (κ2) is 8.02. The minimum atomic E-state index is -0.125. The summed E-state index contributed by atoms with van der Waals surface area (Å²) in [6.07, 6.45) is 1.20. The molecule has 1 aromatic rings.